The summed E-state index contributed by atoms with van der Waals surface area (Å²) in [5.41, 5.74) is 0.951. The summed E-state index contributed by atoms with van der Waals surface area (Å²) >= 11 is 1.18. The maximum atomic E-state index is 12.5. The molecule has 0 saturated carbocycles. The first-order valence-electron chi connectivity index (χ1n) is 8.57. The molecule has 0 spiro atoms. The number of rotatable bonds is 6. The number of aromatic nitrogens is 2. The van der Waals surface area contributed by atoms with Gasteiger partial charge in [-0.05, 0) is 36.8 Å². The Balaban J connectivity index is 1.58. The van der Waals surface area contributed by atoms with Crippen LogP contribution < -0.4 is 20.9 Å². The number of benzene rings is 1. The van der Waals surface area contributed by atoms with Gasteiger partial charge in [0.05, 0.1) is 23.7 Å². The van der Waals surface area contributed by atoms with Crippen molar-refractivity contribution in [3.63, 3.8) is 0 Å². The van der Waals surface area contributed by atoms with Gasteiger partial charge in [0.15, 0.2) is 0 Å². The van der Waals surface area contributed by atoms with E-state index in [1.54, 1.807) is 45.3 Å². The fraction of sp³-hybridized carbons (Fsp3) is 0.263. The number of ether oxygens (including phenoxy) is 1. The quantitative estimate of drug-likeness (QED) is 0.610. The maximum Gasteiger partial charge on any atom is 0.262 e. The van der Waals surface area contributed by atoms with E-state index in [1.165, 1.54) is 22.2 Å². The molecular formula is C19H20N4O4S. The van der Waals surface area contributed by atoms with Crippen LogP contribution in [0.2, 0.25) is 0 Å². The number of thiophene rings is 1. The largest absolute Gasteiger partial charge is 0.497 e. The molecular weight excluding hydrogens is 380 g/mol. The summed E-state index contributed by atoms with van der Waals surface area (Å²) in [6, 6.07) is 6.75. The Kier molecular flexibility index (Phi) is 5.74. The molecule has 0 aliphatic heterocycles. The van der Waals surface area contributed by atoms with Gasteiger partial charge < -0.3 is 19.9 Å². The maximum absolute atomic E-state index is 12.5. The normalized spacial score (nSPS) is 10.7. The van der Waals surface area contributed by atoms with Crippen molar-refractivity contribution in [3.8, 4) is 5.75 Å². The Morgan fingerprint density at radius 1 is 1.14 bits per heavy atom. The molecule has 1 aromatic carbocycles. The third kappa shape index (κ3) is 3.89. The molecule has 2 aromatic heterocycles. The van der Waals surface area contributed by atoms with Crippen LogP contribution in [-0.2, 0) is 7.05 Å². The van der Waals surface area contributed by atoms with E-state index in [9.17, 15) is 14.4 Å². The van der Waals surface area contributed by atoms with Crippen LogP contribution in [0.3, 0.4) is 0 Å². The van der Waals surface area contributed by atoms with E-state index in [-0.39, 0.29) is 30.5 Å². The molecule has 3 rings (SSSR count). The molecule has 8 nitrogen and oxygen atoms in total. The van der Waals surface area contributed by atoms with E-state index in [2.05, 4.69) is 15.6 Å². The Morgan fingerprint density at radius 2 is 1.79 bits per heavy atom. The van der Waals surface area contributed by atoms with Crippen LogP contribution in [0.5, 0.6) is 5.75 Å². The van der Waals surface area contributed by atoms with Crippen LogP contribution in [0.1, 0.15) is 25.6 Å². The number of fused-ring (bicyclic) bond motifs is 1. The summed E-state index contributed by atoms with van der Waals surface area (Å²) < 4.78 is 6.44. The number of amides is 2. The van der Waals surface area contributed by atoms with Crippen molar-refractivity contribution in [2.24, 2.45) is 7.05 Å². The lowest BCUT2D eigenvalue weighted by Gasteiger charge is -2.07. The minimum Gasteiger partial charge on any atom is -0.497 e. The first kappa shape index (κ1) is 19.6. The summed E-state index contributed by atoms with van der Waals surface area (Å²) in [5, 5.41) is 5.97. The Bertz CT molecular complexity index is 1090. The Labute approximate surface area is 165 Å². The van der Waals surface area contributed by atoms with E-state index >= 15 is 0 Å². The van der Waals surface area contributed by atoms with Crippen molar-refractivity contribution < 1.29 is 14.3 Å². The molecule has 0 fully saturated rings. The zero-order valence-corrected chi connectivity index (χ0v) is 16.6. The third-order valence-corrected chi connectivity index (χ3v) is 5.46. The number of hydrogen-bond donors (Lipinski definition) is 2. The topological polar surface area (TPSA) is 102 Å². The monoisotopic (exact) mass is 400 g/mol. The van der Waals surface area contributed by atoms with Gasteiger partial charge in [0.25, 0.3) is 17.4 Å². The SMILES string of the molecule is COc1ccc(C(=O)NCCNC(=O)c2sc3ncn(C)c(=O)c3c2C)cc1. The summed E-state index contributed by atoms with van der Waals surface area (Å²) in [6.07, 6.45) is 1.44. The van der Waals surface area contributed by atoms with Crippen LogP contribution in [0.15, 0.2) is 35.4 Å². The lowest BCUT2D eigenvalue weighted by atomic mass is 10.2. The van der Waals surface area contributed by atoms with Gasteiger partial charge in [0, 0.05) is 25.7 Å². The zero-order valence-electron chi connectivity index (χ0n) is 15.7. The highest BCUT2D eigenvalue weighted by Crippen LogP contribution is 2.26. The molecule has 0 aliphatic rings. The van der Waals surface area contributed by atoms with Crippen LogP contribution in [0.4, 0.5) is 0 Å². The molecule has 2 N–H and O–H groups in total. The molecule has 0 radical (unpaired) electrons. The highest BCUT2D eigenvalue weighted by atomic mass is 32.1. The zero-order chi connectivity index (χ0) is 20.3. The van der Waals surface area contributed by atoms with Gasteiger partial charge in [-0.3, -0.25) is 14.4 Å². The van der Waals surface area contributed by atoms with E-state index in [4.69, 9.17) is 4.74 Å². The van der Waals surface area contributed by atoms with Crippen molar-refractivity contribution >= 4 is 33.4 Å². The van der Waals surface area contributed by atoms with Gasteiger partial charge in [-0.1, -0.05) is 0 Å². The van der Waals surface area contributed by atoms with Crippen molar-refractivity contribution in [2.75, 3.05) is 20.2 Å². The van der Waals surface area contributed by atoms with Crippen LogP contribution in [-0.4, -0.2) is 41.6 Å². The number of methoxy groups -OCH3 is 1. The second kappa shape index (κ2) is 8.22. The molecule has 0 aliphatic carbocycles. The fourth-order valence-electron chi connectivity index (χ4n) is 2.70. The van der Waals surface area contributed by atoms with Gasteiger partial charge in [-0.2, -0.15) is 0 Å². The predicted molar refractivity (Wildman–Crippen MR) is 107 cm³/mol. The number of aryl methyl sites for hydroxylation is 2. The minimum absolute atomic E-state index is 0.176. The van der Waals surface area contributed by atoms with E-state index in [0.29, 0.717) is 32.0 Å². The molecule has 0 atom stereocenters. The summed E-state index contributed by atoms with van der Waals surface area (Å²) in [5.74, 6) is 0.149. The average Bonchev–Trinajstić information content (AvgIpc) is 3.05. The second-order valence-electron chi connectivity index (χ2n) is 6.14. The van der Waals surface area contributed by atoms with Gasteiger partial charge in [-0.25, -0.2) is 4.98 Å². The average molecular weight is 400 g/mol. The summed E-state index contributed by atoms with van der Waals surface area (Å²) in [7, 11) is 3.18. The molecule has 0 bridgehead atoms. The Morgan fingerprint density at radius 3 is 2.43 bits per heavy atom. The molecule has 28 heavy (non-hydrogen) atoms. The van der Waals surface area contributed by atoms with Crippen molar-refractivity contribution in [3.05, 3.63) is 57.0 Å². The molecule has 2 heterocycles. The minimum atomic E-state index is -0.291. The lowest BCUT2D eigenvalue weighted by molar-refractivity contribution is 0.0929. The predicted octanol–water partition coefficient (Wildman–Crippen LogP) is 1.47. The van der Waals surface area contributed by atoms with Crippen LogP contribution >= 0.6 is 11.3 Å². The molecule has 9 heteroatoms. The standard InChI is InChI=1S/C19H20N4O4S/c1-11-14-18(22-10-23(2)19(14)26)28-15(11)17(25)21-9-8-20-16(24)12-4-6-13(27-3)7-5-12/h4-7,10H,8-9H2,1-3H3,(H,20,24)(H,21,25). The van der Waals surface area contributed by atoms with Gasteiger partial charge >= 0.3 is 0 Å². The van der Waals surface area contributed by atoms with Gasteiger partial charge in [0.2, 0.25) is 0 Å². The van der Waals surface area contributed by atoms with E-state index < -0.39 is 0 Å². The number of nitrogens with one attached hydrogen (secondary N) is 2. The Hall–Kier alpha value is -3.20. The first-order valence-corrected chi connectivity index (χ1v) is 9.39. The molecule has 0 saturated heterocycles. The first-order chi connectivity index (χ1) is 13.4. The van der Waals surface area contributed by atoms with Crippen molar-refractivity contribution in [2.45, 2.75) is 6.92 Å². The molecule has 2 amide bonds. The van der Waals surface area contributed by atoms with Crippen molar-refractivity contribution in [1.29, 1.82) is 0 Å². The number of nitrogens with zero attached hydrogens (tertiary/aromatic N) is 2. The van der Waals surface area contributed by atoms with E-state index in [0.717, 1.165) is 0 Å². The molecule has 3 aromatic rings. The molecule has 146 valence electrons. The molecule has 0 unspecified atom stereocenters. The fourth-order valence-corrected chi connectivity index (χ4v) is 3.76. The number of hydrogen-bond acceptors (Lipinski definition) is 6. The number of carbonyl (C=O) groups excluding carboxylic acids is 2. The highest BCUT2D eigenvalue weighted by molar-refractivity contribution is 7.20. The van der Waals surface area contributed by atoms with E-state index in [1.807, 2.05) is 0 Å². The summed E-state index contributed by atoms with van der Waals surface area (Å²) in [4.78, 5) is 42.0. The van der Waals surface area contributed by atoms with Crippen LogP contribution in [0.25, 0.3) is 10.2 Å². The smallest absolute Gasteiger partial charge is 0.262 e. The number of carbonyl (C=O) groups is 2. The van der Waals surface area contributed by atoms with Crippen LogP contribution in [0, 0.1) is 6.92 Å². The lowest BCUT2D eigenvalue weighted by Crippen LogP contribution is -2.34. The highest BCUT2D eigenvalue weighted by Gasteiger charge is 2.18. The van der Waals surface area contributed by atoms with Gasteiger partial charge in [0.1, 0.15) is 10.6 Å². The summed E-state index contributed by atoms with van der Waals surface area (Å²) in [6.45, 7) is 2.28. The van der Waals surface area contributed by atoms with Gasteiger partial charge in [-0.15, -0.1) is 11.3 Å². The third-order valence-electron chi connectivity index (χ3n) is 4.27. The second-order valence-corrected chi connectivity index (χ2v) is 7.14. The van der Waals surface area contributed by atoms with Crippen molar-refractivity contribution in [1.82, 2.24) is 20.2 Å².